The van der Waals surface area contributed by atoms with Gasteiger partial charge in [0.1, 0.15) is 10.8 Å². The second kappa shape index (κ2) is 7.71. The number of anilines is 1. The summed E-state index contributed by atoms with van der Waals surface area (Å²) < 4.78 is 39.6. The molecule has 1 unspecified atom stereocenters. The first-order valence-electron chi connectivity index (χ1n) is 8.45. The van der Waals surface area contributed by atoms with Gasteiger partial charge in [0.15, 0.2) is 23.3 Å². The average molecular weight is 411 g/mol. The number of benzene rings is 1. The summed E-state index contributed by atoms with van der Waals surface area (Å²) in [4.78, 5) is 30.4. The molecule has 1 aromatic carbocycles. The van der Waals surface area contributed by atoms with Gasteiger partial charge < -0.3 is 14.4 Å². The van der Waals surface area contributed by atoms with E-state index in [0.717, 1.165) is 4.90 Å². The first-order chi connectivity index (χ1) is 13.3. The van der Waals surface area contributed by atoms with Crippen molar-refractivity contribution in [1.29, 1.82) is 0 Å². The number of carbonyl (C=O) groups excluding carboxylic acids is 2. The van der Waals surface area contributed by atoms with Crippen LogP contribution < -0.4 is 9.64 Å². The van der Waals surface area contributed by atoms with Crippen LogP contribution in [-0.4, -0.2) is 30.6 Å². The highest BCUT2D eigenvalue weighted by molar-refractivity contribution is 6.29. The lowest BCUT2D eigenvalue weighted by Gasteiger charge is -2.33. The fraction of sp³-hybridized carbons (Fsp3) is 0.316. The Bertz CT molecular complexity index is 967. The maximum absolute atomic E-state index is 14.9. The number of hydrogen-bond acceptors (Lipinski definition) is 5. The van der Waals surface area contributed by atoms with E-state index in [4.69, 9.17) is 21.1 Å². The number of rotatable bonds is 4. The smallest absolute Gasteiger partial charge is 0.323 e. The molecule has 0 aliphatic carbocycles. The Hall–Kier alpha value is -2.74. The SMILES string of the molecule is CCOC(=O)C1C(=O)N(c2c(F)c(C)cc(OC)c2F)Cc2cnc(Cl)cc21. The molecule has 0 saturated heterocycles. The molecular formula is C19H17ClF2N2O4. The minimum absolute atomic E-state index is 0.0394. The van der Waals surface area contributed by atoms with Crippen molar-refractivity contribution in [3.8, 4) is 5.75 Å². The third kappa shape index (κ3) is 3.28. The molecule has 0 fully saturated rings. The predicted molar refractivity (Wildman–Crippen MR) is 97.5 cm³/mol. The summed E-state index contributed by atoms with van der Waals surface area (Å²) in [6.45, 7) is 2.87. The van der Waals surface area contributed by atoms with Crippen molar-refractivity contribution < 1.29 is 27.8 Å². The molecule has 0 bridgehead atoms. The van der Waals surface area contributed by atoms with Gasteiger partial charge in [0.05, 0.1) is 20.3 Å². The van der Waals surface area contributed by atoms with Gasteiger partial charge in [-0.15, -0.1) is 0 Å². The molecular weight excluding hydrogens is 394 g/mol. The number of ether oxygens (including phenoxy) is 2. The number of pyridine rings is 1. The number of methoxy groups -OCH3 is 1. The van der Waals surface area contributed by atoms with Gasteiger partial charge in [-0.2, -0.15) is 0 Å². The van der Waals surface area contributed by atoms with Gasteiger partial charge in [-0.25, -0.2) is 13.8 Å². The van der Waals surface area contributed by atoms with Crippen molar-refractivity contribution in [3.05, 3.63) is 51.8 Å². The van der Waals surface area contributed by atoms with Crippen LogP contribution in [0, 0.1) is 18.6 Å². The number of aromatic nitrogens is 1. The van der Waals surface area contributed by atoms with Crippen LogP contribution in [0.15, 0.2) is 18.3 Å². The lowest BCUT2D eigenvalue weighted by molar-refractivity contribution is -0.148. The van der Waals surface area contributed by atoms with E-state index >= 15 is 0 Å². The van der Waals surface area contributed by atoms with Crippen LogP contribution in [0.5, 0.6) is 5.75 Å². The Morgan fingerprint density at radius 3 is 2.71 bits per heavy atom. The number of fused-ring (bicyclic) bond motifs is 1. The van der Waals surface area contributed by atoms with E-state index in [2.05, 4.69) is 4.98 Å². The van der Waals surface area contributed by atoms with E-state index in [1.165, 1.54) is 32.4 Å². The van der Waals surface area contributed by atoms with Gasteiger partial charge in [-0.1, -0.05) is 11.6 Å². The number of carbonyl (C=O) groups is 2. The number of hydrogen-bond donors (Lipinski definition) is 0. The van der Waals surface area contributed by atoms with Crippen LogP contribution in [0.1, 0.15) is 29.5 Å². The highest BCUT2D eigenvalue weighted by Crippen LogP contribution is 2.39. The van der Waals surface area contributed by atoms with E-state index in [9.17, 15) is 18.4 Å². The van der Waals surface area contributed by atoms with Gasteiger partial charge in [0, 0.05) is 6.20 Å². The maximum Gasteiger partial charge on any atom is 0.323 e. The summed E-state index contributed by atoms with van der Waals surface area (Å²) in [6.07, 6.45) is 1.37. The molecule has 0 N–H and O–H groups in total. The third-order valence-corrected chi connectivity index (χ3v) is 4.69. The highest BCUT2D eigenvalue weighted by atomic mass is 35.5. The molecule has 1 aliphatic heterocycles. The summed E-state index contributed by atoms with van der Waals surface area (Å²) in [7, 11) is 1.24. The van der Waals surface area contributed by atoms with Crippen molar-refractivity contribution in [1.82, 2.24) is 4.98 Å². The van der Waals surface area contributed by atoms with Crippen molar-refractivity contribution in [2.24, 2.45) is 0 Å². The lowest BCUT2D eigenvalue weighted by atomic mass is 9.89. The number of esters is 1. The Morgan fingerprint density at radius 1 is 1.36 bits per heavy atom. The van der Waals surface area contributed by atoms with E-state index in [1.54, 1.807) is 6.92 Å². The zero-order chi connectivity index (χ0) is 20.6. The van der Waals surface area contributed by atoms with Crippen LogP contribution in [0.3, 0.4) is 0 Å². The summed E-state index contributed by atoms with van der Waals surface area (Å²) >= 11 is 5.91. The van der Waals surface area contributed by atoms with E-state index in [1.807, 2.05) is 0 Å². The van der Waals surface area contributed by atoms with Crippen molar-refractivity contribution >= 4 is 29.2 Å². The fourth-order valence-electron chi connectivity index (χ4n) is 3.16. The highest BCUT2D eigenvalue weighted by Gasteiger charge is 2.42. The molecule has 2 aromatic rings. The van der Waals surface area contributed by atoms with E-state index in [0.29, 0.717) is 11.1 Å². The monoisotopic (exact) mass is 410 g/mol. The fourth-order valence-corrected chi connectivity index (χ4v) is 3.33. The van der Waals surface area contributed by atoms with Gasteiger partial charge in [0.25, 0.3) is 0 Å². The minimum atomic E-state index is -1.41. The number of nitrogens with zero attached hydrogens (tertiary/aromatic N) is 2. The quantitative estimate of drug-likeness (QED) is 0.438. The van der Waals surface area contributed by atoms with Crippen molar-refractivity contribution in [2.45, 2.75) is 26.3 Å². The topological polar surface area (TPSA) is 68.7 Å². The summed E-state index contributed by atoms with van der Waals surface area (Å²) in [6, 6.07) is 2.58. The number of halogens is 3. The number of aryl methyl sites for hydroxylation is 1. The molecule has 0 radical (unpaired) electrons. The first kappa shape index (κ1) is 20.0. The molecule has 0 saturated carbocycles. The standard InChI is InChI=1S/C19H17ClF2N2O4/c1-4-28-19(26)14-11-6-13(20)23-7-10(11)8-24(18(14)25)17-15(21)9(2)5-12(27-3)16(17)22/h5-7,14H,4,8H2,1-3H3. The van der Waals surface area contributed by atoms with E-state index < -0.39 is 35.1 Å². The predicted octanol–water partition coefficient (Wildman–Crippen LogP) is 3.52. The largest absolute Gasteiger partial charge is 0.494 e. The summed E-state index contributed by atoms with van der Waals surface area (Å²) in [5.41, 5.74) is 0.243. The summed E-state index contributed by atoms with van der Waals surface area (Å²) in [5, 5.41) is 0.0869. The molecule has 3 rings (SSSR count). The van der Waals surface area contributed by atoms with Crippen LogP contribution in [-0.2, 0) is 20.9 Å². The van der Waals surface area contributed by atoms with Gasteiger partial charge in [0.2, 0.25) is 5.91 Å². The van der Waals surface area contributed by atoms with Crippen molar-refractivity contribution in [3.63, 3.8) is 0 Å². The Labute approximate surface area is 165 Å². The van der Waals surface area contributed by atoms with Crippen molar-refractivity contribution in [2.75, 3.05) is 18.6 Å². The molecule has 6 nitrogen and oxygen atoms in total. The Morgan fingerprint density at radius 2 is 2.07 bits per heavy atom. The minimum Gasteiger partial charge on any atom is -0.494 e. The molecule has 28 heavy (non-hydrogen) atoms. The van der Waals surface area contributed by atoms with Crippen LogP contribution in [0.2, 0.25) is 5.15 Å². The second-order valence-corrected chi connectivity index (χ2v) is 6.57. The van der Waals surface area contributed by atoms with Crippen LogP contribution in [0.25, 0.3) is 0 Å². The molecule has 9 heteroatoms. The normalized spacial score (nSPS) is 16.0. The molecule has 1 aromatic heterocycles. The lowest BCUT2D eigenvalue weighted by Crippen LogP contribution is -2.44. The Kier molecular flexibility index (Phi) is 5.51. The zero-order valence-corrected chi connectivity index (χ0v) is 16.1. The maximum atomic E-state index is 14.9. The molecule has 1 atom stereocenters. The van der Waals surface area contributed by atoms with E-state index in [-0.39, 0.29) is 29.6 Å². The van der Waals surface area contributed by atoms with Crippen LogP contribution >= 0.6 is 11.6 Å². The molecule has 1 amide bonds. The zero-order valence-electron chi connectivity index (χ0n) is 15.4. The van der Waals surface area contributed by atoms with Gasteiger partial charge in [-0.05, 0) is 42.7 Å². The second-order valence-electron chi connectivity index (χ2n) is 6.19. The molecule has 1 aliphatic rings. The molecule has 148 valence electrons. The molecule has 0 spiro atoms. The first-order valence-corrected chi connectivity index (χ1v) is 8.82. The van der Waals surface area contributed by atoms with Gasteiger partial charge >= 0.3 is 5.97 Å². The summed E-state index contributed by atoms with van der Waals surface area (Å²) in [5.74, 6) is -5.23. The van der Waals surface area contributed by atoms with Crippen LogP contribution in [0.4, 0.5) is 14.5 Å². The third-order valence-electron chi connectivity index (χ3n) is 4.48. The Balaban J connectivity index is 2.20. The molecule has 2 heterocycles. The number of amides is 1. The average Bonchev–Trinajstić information content (AvgIpc) is 2.65. The van der Waals surface area contributed by atoms with Gasteiger partial charge in [-0.3, -0.25) is 9.59 Å².